The number of halogens is 3. The first-order valence-electron chi connectivity index (χ1n) is 11.0. The van der Waals surface area contributed by atoms with Gasteiger partial charge in [-0.15, -0.1) is 0 Å². The molecule has 3 rings (SSSR count). The van der Waals surface area contributed by atoms with Crippen LogP contribution in [0.15, 0.2) is 23.7 Å². The molecule has 2 saturated carbocycles. The lowest BCUT2D eigenvalue weighted by Crippen LogP contribution is -2.34. The Hall–Kier alpha value is -1.09. The van der Waals surface area contributed by atoms with Crippen molar-refractivity contribution < 1.29 is 13.5 Å². The van der Waals surface area contributed by atoms with Gasteiger partial charge in [-0.3, -0.25) is 0 Å². The van der Waals surface area contributed by atoms with Gasteiger partial charge in [-0.05, 0) is 80.4 Å². The molecule has 1 aromatic rings. The zero-order valence-electron chi connectivity index (χ0n) is 17.0. The van der Waals surface area contributed by atoms with Gasteiger partial charge in [-0.2, -0.15) is 0 Å². The van der Waals surface area contributed by atoms with Crippen LogP contribution in [-0.2, 0) is 6.42 Å². The summed E-state index contributed by atoms with van der Waals surface area (Å²) in [5.74, 6) is -0.0498. The fourth-order valence-electron chi connectivity index (χ4n) is 5.48. The van der Waals surface area contributed by atoms with Crippen LogP contribution in [0.25, 0.3) is 0 Å². The third kappa shape index (κ3) is 5.09. The molecule has 0 bridgehead atoms. The van der Waals surface area contributed by atoms with E-state index >= 15 is 0 Å². The molecule has 0 saturated heterocycles. The Bertz CT molecular complexity index is 636. The molecule has 0 N–H and O–H groups in total. The van der Waals surface area contributed by atoms with Crippen molar-refractivity contribution in [2.45, 2.75) is 77.6 Å². The molecule has 0 heterocycles. The lowest BCUT2D eigenvalue weighted by Gasteiger charge is -2.45. The maximum Gasteiger partial charge on any atom is 0.190 e. The molecule has 1 aromatic carbocycles. The van der Waals surface area contributed by atoms with E-state index in [1.54, 1.807) is 12.5 Å². The summed E-state index contributed by atoms with van der Waals surface area (Å²) in [6.07, 6.45) is 15.5. The summed E-state index contributed by atoms with van der Waals surface area (Å²) in [5, 5.41) is 0. The number of benzene rings is 1. The number of aryl methyl sites for hydroxylation is 1. The smallest absolute Gasteiger partial charge is 0.190 e. The van der Waals surface area contributed by atoms with Gasteiger partial charge in [0.2, 0.25) is 0 Å². The topological polar surface area (TPSA) is 9.23 Å². The molecular formula is C24H33ClF2O. The van der Waals surface area contributed by atoms with Crippen molar-refractivity contribution in [3.8, 4) is 5.75 Å². The number of hydrogen-bond donors (Lipinski definition) is 0. The Morgan fingerprint density at radius 3 is 2.29 bits per heavy atom. The average molecular weight is 411 g/mol. The van der Waals surface area contributed by atoms with Gasteiger partial charge >= 0.3 is 0 Å². The summed E-state index contributed by atoms with van der Waals surface area (Å²) in [4.78, 5) is 0. The Labute approximate surface area is 173 Å². The Balaban J connectivity index is 1.53. The van der Waals surface area contributed by atoms with Crippen molar-refractivity contribution in [2.75, 3.05) is 6.61 Å². The standard InChI is InChI=1S/C24H33ClF2O/c1-2-28-23-21(26)16-19(17-22(23)27)7-6-18-8-10-20(11-9-18)24(14-15-25)12-4-3-5-13-24/h14-18,20H,2-13H2,1H3. The van der Waals surface area contributed by atoms with Gasteiger partial charge in [0.1, 0.15) is 0 Å². The van der Waals surface area contributed by atoms with E-state index in [1.807, 2.05) is 0 Å². The van der Waals surface area contributed by atoms with Crippen LogP contribution in [0, 0.1) is 28.9 Å². The van der Waals surface area contributed by atoms with E-state index in [2.05, 4.69) is 6.08 Å². The quantitative estimate of drug-likeness (QED) is 0.445. The van der Waals surface area contributed by atoms with Gasteiger partial charge in [-0.25, -0.2) is 8.78 Å². The summed E-state index contributed by atoms with van der Waals surface area (Å²) >= 11 is 6.00. The minimum absolute atomic E-state index is 0.253. The van der Waals surface area contributed by atoms with E-state index < -0.39 is 11.6 Å². The maximum atomic E-state index is 14.1. The molecule has 28 heavy (non-hydrogen) atoms. The van der Waals surface area contributed by atoms with Gasteiger partial charge < -0.3 is 4.74 Å². The Morgan fingerprint density at radius 1 is 1.07 bits per heavy atom. The highest BCUT2D eigenvalue weighted by atomic mass is 35.5. The molecule has 2 aliphatic rings. The molecular weight excluding hydrogens is 378 g/mol. The monoisotopic (exact) mass is 410 g/mol. The van der Waals surface area contributed by atoms with Crippen LogP contribution < -0.4 is 4.74 Å². The van der Waals surface area contributed by atoms with Crippen LogP contribution in [-0.4, -0.2) is 6.61 Å². The van der Waals surface area contributed by atoms with Crippen molar-refractivity contribution in [1.82, 2.24) is 0 Å². The Kier molecular flexibility index (Phi) is 7.79. The molecule has 0 unspecified atom stereocenters. The van der Waals surface area contributed by atoms with Crippen LogP contribution in [0.1, 0.15) is 76.7 Å². The molecule has 2 fully saturated rings. The summed E-state index contributed by atoms with van der Waals surface area (Å²) < 4.78 is 33.2. The third-order valence-corrected chi connectivity index (χ3v) is 7.15. The number of allylic oxidation sites excluding steroid dienone is 1. The SMILES string of the molecule is CCOc1c(F)cc(CCC2CCC(C3(C=CCl)CCCCC3)CC2)cc1F. The molecule has 2 aliphatic carbocycles. The second kappa shape index (κ2) is 10.1. The normalized spacial score (nSPS) is 25.1. The Morgan fingerprint density at radius 2 is 1.71 bits per heavy atom. The summed E-state index contributed by atoms with van der Waals surface area (Å²) in [5.41, 5.74) is 2.79. The van der Waals surface area contributed by atoms with Crippen molar-refractivity contribution in [2.24, 2.45) is 17.3 Å². The minimum atomic E-state index is -0.590. The van der Waals surface area contributed by atoms with E-state index in [9.17, 15) is 8.78 Å². The highest BCUT2D eigenvalue weighted by Crippen LogP contribution is 2.50. The highest BCUT2D eigenvalue weighted by Gasteiger charge is 2.39. The summed E-state index contributed by atoms with van der Waals surface area (Å²) in [6.45, 7) is 1.99. The van der Waals surface area contributed by atoms with Gasteiger partial charge in [0.25, 0.3) is 0 Å². The van der Waals surface area contributed by atoms with Crippen LogP contribution in [0.3, 0.4) is 0 Å². The van der Waals surface area contributed by atoms with Crippen molar-refractivity contribution in [3.63, 3.8) is 0 Å². The molecule has 0 aromatic heterocycles. The fourth-order valence-corrected chi connectivity index (χ4v) is 5.73. The van der Waals surface area contributed by atoms with Gasteiger partial charge in [-0.1, -0.05) is 49.8 Å². The number of rotatable bonds is 7. The predicted molar refractivity (Wildman–Crippen MR) is 112 cm³/mol. The van der Waals surface area contributed by atoms with E-state index in [0.717, 1.165) is 24.3 Å². The summed E-state index contributed by atoms with van der Waals surface area (Å²) in [6, 6.07) is 2.87. The van der Waals surface area contributed by atoms with Crippen molar-refractivity contribution in [3.05, 3.63) is 40.9 Å². The molecule has 156 valence electrons. The molecule has 4 heteroatoms. The van der Waals surface area contributed by atoms with Crippen molar-refractivity contribution >= 4 is 11.6 Å². The zero-order valence-corrected chi connectivity index (χ0v) is 17.7. The first-order valence-corrected chi connectivity index (χ1v) is 11.4. The lowest BCUT2D eigenvalue weighted by molar-refractivity contribution is 0.0994. The molecule has 0 amide bonds. The van der Waals surface area contributed by atoms with Crippen molar-refractivity contribution in [1.29, 1.82) is 0 Å². The minimum Gasteiger partial charge on any atom is -0.488 e. The van der Waals surface area contributed by atoms with Gasteiger partial charge in [0, 0.05) is 5.54 Å². The maximum absolute atomic E-state index is 14.1. The number of ether oxygens (including phenoxy) is 1. The highest BCUT2D eigenvalue weighted by molar-refractivity contribution is 6.25. The van der Waals surface area contributed by atoms with Crippen LogP contribution in [0.4, 0.5) is 8.78 Å². The molecule has 0 aliphatic heterocycles. The molecule has 1 nitrogen and oxygen atoms in total. The predicted octanol–water partition coefficient (Wildman–Crippen LogP) is 7.81. The van der Waals surface area contributed by atoms with E-state index in [0.29, 0.717) is 11.3 Å². The molecule has 0 atom stereocenters. The first-order chi connectivity index (χ1) is 13.6. The van der Waals surface area contributed by atoms with Gasteiger partial charge in [0.15, 0.2) is 17.4 Å². The molecule has 0 radical (unpaired) electrons. The first kappa shape index (κ1) is 21.6. The van der Waals surface area contributed by atoms with Crippen LogP contribution in [0.5, 0.6) is 5.75 Å². The lowest BCUT2D eigenvalue weighted by atomic mass is 9.60. The van der Waals surface area contributed by atoms with E-state index in [1.165, 1.54) is 69.9 Å². The molecule has 0 spiro atoms. The second-order valence-corrected chi connectivity index (χ2v) is 8.92. The zero-order chi connectivity index (χ0) is 20.0. The summed E-state index contributed by atoms with van der Waals surface area (Å²) in [7, 11) is 0. The van der Waals surface area contributed by atoms with E-state index in [4.69, 9.17) is 16.3 Å². The van der Waals surface area contributed by atoms with Crippen LogP contribution in [0.2, 0.25) is 0 Å². The van der Waals surface area contributed by atoms with E-state index in [-0.39, 0.29) is 12.4 Å². The van der Waals surface area contributed by atoms with Gasteiger partial charge in [0.05, 0.1) is 6.61 Å². The number of hydrogen-bond acceptors (Lipinski definition) is 1. The average Bonchev–Trinajstić information content (AvgIpc) is 2.70. The largest absolute Gasteiger partial charge is 0.488 e. The second-order valence-electron chi connectivity index (χ2n) is 8.66. The third-order valence-electron chi connectivity index (χ3n) is 7.03. The van der Waals surface area contributed by atoms with Crippen LogP contribution >= 0.6 is 11.6 Å². The fraction of sp³-hybridized carbons (Fsp3) is 0.667.